The van der Waals surface area contributed by atoms with Crippen LogP contribution >= 0.6 is 0 Å². The summed E-state index contributed by atoms with van der Waals surface area (Å²) in [4.78, 5) is 0. The summed E-state index contributed by atoms with van der Waals surface area (Å²) < 4.78 is 0. The molecule has 4 aromatic rings. The fourth-order valence-electron chi connectivity index (χ4n) is 4.27. The Morgan fingerprint density at radius 2 is 0.886 bits per heavy atom. The summed E-state index contributed by atoms with van der Waals surface area (Å²) in [5.41, 5.74) is 8.81. The molecule has 184 valence electrons. The lowest BCUT2D eigenvalue weighted by Gasteiger charge is -1.99. The highest BCUT2D eigenvalue weighted by molar-refractivity contribution is 5.90. The van der Waals surface area contributed by atoms with Gasteiger partial charge in [-0.1, -0.05) is 139 Å². The molecule has 0 aliphatic heterocycles. The van der Waals surface area contributed by atoms with Crippen molar-refractivity contribution >= 4 is 10.8 Å². The molecule has 0 N–H and O–H groups in total. The van der Waals surface area contributed by atoms with Crippen LogP contribution in [0.3, 0.4) is 0 Å². The maximum atomic E-state index is 2.25. The van der Waals surface area contributed by atoms with Crippen molar-refractivity contribution in [2.24, 2.45) is 11.8 Å². The predicted octanol–water partition coefficient (Wildman–Crippen LogP) is 10.3. The van der Waals surface area contributed by atoms with Gasteiger partial charge in [-0.05, 0) is 75.3 Å². The Kier molecular flexibility index (Phi) is 10.2. The maximum absolute atomic E-state index is 2.25. The third kappa shape index (κ3) is 7.31. The largest absolute Gasteiger partial charge is 0.0651 e. The fraction of sp³-hybridized carbons (Fsp3) is 0.371. The smallest absolute Gasteiger partial charge is 0.00135 e. The Morgan fingerprint density at radius 1 is 0.514 bits per heavy atom. The molecule has 0 amide bonds. The van der Waals surface area contributed by atoms with Gasteiger partial charge in [0.15, 0.2) is 0 Å². The first-order valence-corrected chi connectivity index (χ1v) is 13.6. The van der Waals surface area contributed by atoms with Crippen molar-refractivity contribution in [3.8, 4) is 11.1 Å². The molecule has 35 heavy (non-hydrogen) atoms. The number of aryl methyl sites for hydroxylation is 2. The van der Waals surface area contributed by atoms with Gasteiger partial charge in [0, 0.05) is 0 Å². The minimum absolute atomic E-state index is 0.884. The quantitative estimate of drug-likeness (QED) is 0.244. The molecule has 0 radical (unpaired) electrons. The van der Waals surface area contributed by atoms with Crippen molar-refractivity contribution in [3.63, 3.8) is 0 Å². The van der Waals surface area contributed by atoms with Gasteiger partial charge < -0.3 is 0 Å². The predicted molar refractivity (Wildman–Crippen MR) is 156 cm³/mol. The summed E-state index contributed by atoms with van der Waals surface area (Å²) >= 11 is 0. The molecule has 2 aliphatic carbocycles. The highest BCUT2D eigenvalue weighted by Crippen LogP contribution is 2.35. The molecule has 0 aromatic heterocycles. The van der Waals surface area contributed by atoms with Crippen LogP contribution in [-0.2, 0) is 19.3 Å². The van der Waals surface area contributed by atoms with E-state index in [0.717, 1.165) is 18.3 Å². The third-order valence-electron chi connectivity index (χ3n) is 7.08. The Labute approximate surface area is 214 Å². The van der Waals surface area contributed by atoms with E-state index in [9.17, 15) is 0 Å². The van der Waals surface area contributed by atoms with E-state index in [1.54, 1.807) is 0 Å². The first kappa shape index (κ1) is 26.7. The zero-order valence-electron chi connectivity index (χ0n) is 22.8. The van der Waals surface area contributed by atoms with Gasteiger partial charge in [-0.15, -0.1) is 0 Å². The van der Waals surface area contributed by atoms with Crippen LogP contribution in [0.1, 0.15) is 76.6 Å². The van der Waals surface area contributed by atoms with Crippen molar-refractivity contribution in [1.29, 1.82) is 0 Å². The summed E-state index contributed by atoms with van der Waals surface area (Å²) in [6, 6.07) is 30.5. The van der Waals surface area contributed by atoms with Gasteiger partial charge in [-0.3, -0.25) is 0 Å². The van der Waals surface area contributed by atoms with Crippen LogP contribution in [0.15, 0.2) is 84.9 Å². The lowest BCUT2D eigenvalue weighted by atomic mass is 10.1. The zero-order chi connectivity index (χ0) is 25.2. The molecule has 0 heterocycles. The average Bonchev–Trinajstić information content (AvgIpc) is 3.48. The molecule has 6 rings (SSSR count). The number of benzene rings is 4. The van der Waals surface area contributed by atoms with Crippen LogP contribution in [0.5, 0.6) is 0 Å². The van der Waals surface area contributed by atoms with Crippen molar-refractivity contribution in [3.05, 3.63) is 107 Å². The van der Waals surface area contributed by atoms with Crippen molar-refractivity contribution < 1.29 is 0 Å². The highest BCUT2D eigenvalue weighted by atomic mass is 14.2. The van der Waals surface area contributed by atoms with E-state index in [1.165, 1.54) is 69.8 Å². The molecular weight excluding hydrogens is 420 g/mol. The molecule has 0 nitrogen and oxygen atoms in total. The van der Waals surface area contributed by atoms with E-state index in [0.29, 0.717) is 0 Å². The molecule has 0 fully saturated rings. The highest BCUT2D eigenvalue weighted by Gasteiger charge is 2.16. The van der Waals surface area contributed by atoms with Crippen molar-refractivity contribution in [2.45, 2.75) is 73.6 Å². The normalized spacial score (nSPS) is 12.1. The van der Waals surface area contributed by atoms with Gasteiger partial charge in [-0.2, -0.15) is 0 Å². The lowest BCUT2D eigenvalue weighted by molar-refractivity contribution is 0.626. The first-order valence-electron chi connectivity index (χ1n) is 13.6. The van der Waals surface area contributed by atoms with Crippen LogP contribution in [0.25, 0.3) is 21.9 Å². The Morgan fingerprint density at radius 3 is 1.29 bits per heavy atom. The molecule has 0 heteroatoms. The average molecular weight is 465 g/mol. The van der Waals surface area contributed by atoms with Crippen LogP contribution in [0.4, 0.5) is 0 Å². The number of rotatable bonds is 2. The summed E-state index contributed by atoms with van der Waals surface area (Å²) in [6.07, 6.45) is 6.18. The van der Waals surface area contributed by atoms with E-state index < -0.39 is 0 Å². The third-order valence-corrected chi connectivity index (χ3v) is 7.08. The summed E-state index contributed by atoms with van der Waals surface area (Å²) in [5.74, 6) is 1.77. The second kappa shape index (κ2) is 13.3. The van der Waals surface area contributed by atoms with Gasteiger partial charge in [0.1, 0.15) is 0 Å². The van der Waals surface area contributed by atoms with Gasteiger partial charge in [0.05, 0.1) is 0 Å². The molecule has 0 saturated heterocycles. The lowest BCUT2D eigenvalue weighted by Crippen LogP contribution is -1.77. The second-order valence-electron chi connectivity index (χ2n) is 10.5. The van der Waals surface area contributed by atoms with Gasteiger partial charge in [0.2, 0.25) is 0 Å². The summed E-state index contributed by atoms with van der Waals surface area (Å²) in [7, 11) is 0. The van der Waals surface area contributed by atoms with Crippen LogP contribution in [-0.4, -0.2) is 0 Å². The molecule has 4 aromatic carbocycles. The minimum atomic E-state index is 0.884. The second-order valence-corrected chi connectivity index (χ2v) is 10.5. The fourth-order valence-corrected chi connectivity index (χ4v) is 4.27. The molecule has 0 atom stereocenters. The molecule has 2 aliphatic rings. The van der Waals surface area contributed by atoms with E-state index in [-0.39, 0.29) is 0 Å². The van der Waals surface area contributed by atoms with Gasteiger partial charge >= 0.3 is 0 Å². The first-order chi connectivity index (χ1) is 16.9. The standard InChI is InChI=1S/C13H10.C12H10.2C5H12/c1-3-7-12-10(5-1)9-11-6-2-4-8-13(11)12;1-3-9-4-2-6-11-8-7-10(5-1)12(9)11;2*1-4-5(2)3/h1-8H,9H2;1-6H,7-8H2;2*5H,4H2,1-3H3. The molecule has 0 bridgehead atoms. The summed E-state index contributed by atoms with van der Waals surface area (Å²) in [6.45, 7) is 13.3. The monoisotopic (exact) mass is 464 g/mol. The Balaban J connectivity index is 0.000000144. The molecular formula is C35H44. The number of fused-ring (bicyclic) bond motifs is 3. The molecule has 0 saturated carbocycles. The van der Waals surface area contributed by atoms with Crippen molar-refractivity contribution in [1.82, 2.24) is 0 Å². The number of hydrogen-bond acceptors (Lipinski definition) is 0. The van der Waals surface area contributed by atoms with Gasteiger partial charge in [-0.25, -0.2) is 0 Å². The van der Waals surface area contributed by atoms with E-state index >= 15 is 0 Å². The van der Waals surface area contributed by atoms with Crippen molar-refractivity contribution in [2.75, 3.05) is 0 Å². The topological polar surface area (TPSA) is 0 Å². The SMILES string of the molecule is CCC(C)C.CCC(C)C.c1cc2c3c(cccc3c1)CC2.c1ccc2c(c1)Cc1ccccc1-2. The van der Waals surface area contributed by atoms with Gasteiger partial charge in [0.25, 0.3) is 0 Å². The maximum Gasteiger partial charge on any atom is -0.00135 e. The van der Waals surface area contributed by atoms with Crippen LogP contribution < -0.4 is 0 Å². The van der Waals surface area contributed by atoms with E-state index in [2.05, 4.69) is 126 Å². The van der Waals surface area contributed by atoms with E-state index in [4.69, 9.17) is 0 Å². The van der Waals surface area contributed by atoms with E-state index in [1.807, 2.05) is 0 Å². The Bertz CT molecular complexity index is 1110. The van der Waals surface area contributed by atoms with Crippen LogP contribution in [0.2, 0.25) is 0 Å². The Hall–Kier alpha value is -2.86. The zero-order valence-corrected chi connectivity index (χ0v) is 22.8. The molecule has 0 unspecified atom stereocenters. The summed E-state index contributed by atoms with van der Waals surface area (Å²) in [5, 5.41) is 2.92. The molecule has 0 spiro atoms. The van der Waals surface area contributed by atoms with Crippen LogP contribution in [0, 0.1) is 11.8 Å². The minimum Gasteiger partial charge on any atom is -0.0651 e. The number of hydrogen-bond donors (Lipinski definition) is 0.